The maximum Gasteiger partial charge on any atom is 0.180 e. The van der Waals surface area contributed by atoms with E-state index in [0.29, 0.717) is 5.65 Å². The molecule has 0 amide bonds. The maximum absolute atomic E-state index is 4.18. The van der Waals surface area contributed by atoms with Gasteiger partial charge < -0.3 is 4.98 Å². The molecule has 8 aromatic rings. The number of hydrogen-bond donors (Lipinski definition) is 2. The van der Waals surface area contributed by atoms with Gasteiger partial charge in [0.1, 0.15) is 24.5 Å². The number of nitrogens with zero attached hydrogens (tertiary/aromatic N) is 9. The fourth-order valence-electron chi connectivity index (χ4n) is 3.32. The summed E-state index contributed by atoms with van der Waals surface area (Å²) in [6, 6.07) is 20.0. The Balaban J connectivity index is 0.000000103. The number of pyridine rings is 1. The molecule has 0 aliphatic carbocycles. The van der Waals surface area contributed by atoms with Crippen LogP contribution in [0.2, 0.25) is 0 Å². The van der Waals surface area contributed by atoms with E-state index in [-0.39, 0.29) is 0 Å². The molecule has 2 N–H and O–H groups in total. The van der Waals surface area contributed by atoms with Crippen molar-refractivity contribution in [2.24, 2.45) is 0 Å². The molecule has 0 saturated carbocycles. The Morgan fingerprint density at radius 1 is 0.526 bits per heavy atom. The van der Waals surface area contributed by atoms with Gasteiger partial charge in [0, 0.05) is 29.4 Å². The summed E-state index contributed by atoms with van der Waals surface area (Å²) in [6.45, 7) is 0. The Hall–Kier alpha value is -5.71. The third kappa shape index (κ3) is 6.29. The molecular weight excluding hydrogens is 478 g/mol. The Labute approximate surface area is 216 Å². The molecule has 0 radical (unpaired) electrons. The van der Waals surface area contributed by atoms with E-state index in [1.165, 1.54) is 18.0 Å². The van der Waals surface area contributed by atoms with E-state index in [1.807, 2.05) is 60.9 Å². The van der Waals surface area contributed by atoms with Crippen LogP contribution in [0, 0.1) is 0 Å². The van der Waals surface area contributed by atoms with Crippen molar-refractivity contribution < 1.29 is 0 Å². The first kappa shape index (κ1) is 24.0. The summed E-state index contributed by atoms with van der Waals surface area (Å²) in [4.78, 5) is 34.4. The fraction of sp³-hybridized carbons (Fsp3) is 0. The van der Waals surface area contributed by atoms with E-state index >= 15 is 0 Å². The third-order valence-electron chi connectivity index (χ3n) is 5.14. The normalized spacial score (nSPS) is 10.1. The number of aromatic nitrogens is 11. The van der Waals surface area contributed by atoms with Gasteiger partial charge in [-0.15, -0.1) is 0 Å². The number of H-pyrrole nitrogens is 2. The number of nitrogens with one attached hydrogen (secondary N) is 2. The van der Waals surface area contributed by atoms with Crippen molar-refractivity contribution >= 4 is 44.0 Å². The summed E-state index contributed by atoms with van der Waals surface area (Å²) >= 11 is 0. The largest absolute Gasteiger partial charge is 0.342 e. The van der Waals surface area contributed by atoms with E-state index < -0.39 is 0 Å². The molecule has 0 aliphatic rings. The van der Waals surface area contributed by atoms with Crippen LogP contribution in [-0.2, 0) is 0 Å². The van der Waals surface area contributed by atoms with Gasteiger partial charge in [0.15, 0.2) is 11.3 Å². The summed E-state index contributed by atoms with van der Waals surface area (Å²) in [5.74, 6) is 0. The van der Waals surface area contributed by atoms with E-state index in [9.17, 15) is 0 Å². The van der Waals surface area contributed by atoms with Crippen molar-refractivity contribution in [3.05, 3.63) is 117 Å². The van der Waals surface area contributed by atoms with E-state index in [4.69, 9.17) is 0 Å². The standard InChI is InChI=1S/C9H7N.C8H6N2.2C5H4N4/c1-2-6-9-8(4-1)5-3-7-10-9;1-2-4-8-7(3-1)5-9-6-10-8;1-4-5(8-2-6-1)9-3-7-4;1-4-2-8-9-5(4)7-3-6-1/h1-7H;1-6H;2*1-3H,(H,6,7,8,9). The Morgan fingerprint density at radius 2 is 1.21 bits per heavy atom. The van der Waals surface area contributed by atoms with E-state index in [1.54, 1.807) is 31.2 Å². The molecule has 0 unspecified atom stereocenters. The van der Waals surface area contributed by atoms with Gasteiger partial charge in [-0.2, -0.15) is 5.10 Å². The van der Waals surface area contributed by atoms with Crippen molar-refractivity contribution in [3.63, 3.8) is 0 Å². The predicted molar refractivity (Wildman–Crippen MR) is 145 cm³/mol. The molecule has 0 fully saturated rings. The average molecular weight is 500 g/mol. The Kier molecular flexibility index (Phi) is 7.78. The zero-order chi connectivity index (χ0) is 25.8. The predicted octanol–water partition coefficient (Wildman–Crippen LogP) is 4.57. The average Bonchev–Trinajstić information content (AvgIpc) is 3.68. The minimum atomic E-state index is 0.713. The molecule has 8 rings (SSSR count). The first-order chi connectivity index (χ1) is 18.9. The summed E-state index contributed by atoms with van der Waals surface area (Å²) in [7, 11) is 0. The maximum atomic E-state index is 4.18. The molecule has 0 bridgehead atoms. The second kappa shape index (κ2) is 12.3. The lowest BCUT2D eigenvalue weighted by atomic mass is 10.2. The summed E-state index contributed by atoms with van der Waals surface area (Å²) in [5.41, 5.74) is 4.43. The van der Waals surface area contributed by atoms with Crippen LogP contribution >= 0.6 is 0 Å². The molecule has 0 aliphatic heterocycles. The zero-order valence-electron chi connectivity index (χ0n) is 20.0. The number of benzene rings is 2. The van der Waals surface area contributed by atoms with Gasteiger partial charge in [-0.1, -0.05) is 42.5 Å². The highest BCUT2D eigenvalue weighted by Gasteiger charge is 1.92. The number of fused-ring (bicyclic) bond motifs is 4. The number of hydrogen-bond acceptors (Lipinski definition) is 9. The first-order valence-electron chi connectivity index (χ1n) is 11.5. The van der Waals surface area contributed by atoms with Gasteiger partial charge in [-0.25, -0.2) is 34.9 Å². The van der Waals surface area contributed by atoms with Crippen LogP contribution in [0.25, 0.3) is 44.0 Å². The first-order valence-corrected chi connectivity index (χ1v) is 11.5. The SMILES string of the molecule is c1ccc2ncccc2c1.c1ccc2ncncc2c1.c1ncc2[nH]cnc2n1.c1ncc2cn[nH]c2n1. The third-order valence-corrected chi connectivity index (χ3v) is 5.14. The molecule has 11 heteroatoms. The molecule has 38 heavy (non-hydrogen) atoms. The molecule has 2 aromatic carbocycles. The fourth-order valence-corrected chi connectivity index (χ4v) is 3.32. The van der Waals surface area contributed by atoms with Crippen LogP contribution in [-0.4, -0.2) is 55.1 Å². The highest BCUT2D eigenvalue weighted by atomic mass is 15.1. The monoisotopic (exact) mass is 499 g/mol. The smallest absolute Gasteiger partial charge is 0.180 e. The second-order valence-electron chi connectivity index (χ2n) is 7.64. The van der Waals surface area contributed by atoms with Crippen LogP contribution < -0.4 is 0 Å². The lowest BCUT2D eigenvalue weighted by Crippen LogP contribution is -1.77. The lowest BCUT2D eigenvalue weighted by molar-refractivity contribution is 1.09. The molecule has 0 spiro atoms. The van der Waals surface area contributed by atoms with E-state index in [2.05, 4.69) is 67.2 Å². The minimum Gasteiger partial charge on any atom is -0.342 e. The Bertz CT molecular complexity index is 1530. The number of aromatic amines is 2. The van der Waals surface area contributed by atoms with Crippen LogP contribution in [0.15, 0.2) is 117 Å². The molecule has 0 saturated heterocycles. The molecule has 6 aromatic heterocycles. The van der Waals surface area contributed by atoms with Crippen molar-refractivity contribution in [1.82, 2.24) is 55.1 Å². The van der Waals surface area contributed by atoms with E-state index in [0.717, 1.165) is 33.0 Å². The highest BCUT2D eigenvalue weighted by molar-refractivity contribution is 5.78. The van der Waals surface area contributed by atoms with Gasteiger partial charge in [0.05, 0.1) is 35.1 Å². The van der Waals surface area contributed by atoms with Crippen molar-refractivity contribution in [2.45, 2.75) is 0 Å². The second-order valence-corrected chi connectivity index (χ2v) is 7.64. The summed E-state index contributed by atoms with van der Waals surface area (Å²) < 4.78 is 0. The van der Waals surface area contributed by atoms with Gasteiger partial charge in [0.2, 0.25) is 0 Å². The van der Waals surface area contributed by atoms with Crippen LogP contribution in [0.5, 0.6) is 0 Å². The molecule has 6 heterocycles. The van der Waals surface area contributed by atoms with Crippen LogP contribution in [0.1, 0.15) is 0 Å². The highest BCUT2D eigenvalue weighted by Crippen LogP contribution is 2.08. The quantitative estimate of drug-likeness (QED) is 0.306. The van der Waals surface area contributed by atoms with Gasteiger partial charge in [-0.3, -0.25) is 10.1 Å². The molecule has 11 nitrogen and oxygen atoms in total. The zero-order valence-corrected chi connectivity index (χ0v) is 20.0. The topological polar surface area (TPSA) is 148 Å². The minimum absolute atomic E-state index is 0.713. The van der Waals surface area contributed by atoms with Crippen LogP contribution in [0.3, 0.4) is 0 Å². The van der Waals surface area contributed by atoms with Gasteiger partial charge in [-0.05, 0) is 18.2 Å². The number of rotatable bonds is 0. The number of imidazole rings is 1. The Morgan fingerprint density at radius 3 is 2.00 bits per heavy atom. The molecule has 0 atom stereocenters. The molecule has 184 valence electrons. The molecular formula is C27H21N11. The summed E-state index contributed by atoms with van der Waals surface area (Å²) in [5, 5.41) is 9.72. The van der Waals surface area contributed by atoms with Crippen LogP contribution in [0.4, 0.5) is 0 Å². The summed E-state index contributed by atoms with van der Waals surface area (Å²) in [6.07, 6.45) is 14.8. The van der Waals surface area contributed by atoms with Crippen molar-refractivity contribution in [1.29, 1.82) is 0 Å². The van der Waals surface area contributed by atoms with Crippen molar-refractivity contribution in [3.8, 4) is 0 Å². The number of para-hydroxylation sites is 2. The van der Waals surface area contributed by atoms with Gasteiger partial charge in [0.25, 0.3) is 0 Å². The van der Waals surface area contributed by atoms with Gasteiger partial charge >= 0.3 is 0 Å². The van der Waals surface area contributed by atoms with Crippen molar-refractivity contribution in [2.75, 3.05) is 0 Å². The lowest BCUT2D eigenvalue weighted by Gasteiger charge is -1.91.